The average molecular weight is 408 g/mol. The summed E-state index contributed by atoms with van der Waals surface area (Å²) in [4.78, 5) is 42.4. The minimum absolute atomic E-state index is 0.126. The largest absolute Gasteiger partial charge is 0.481 e. The second kappa shape index (κ2) is 7.09. The standard InChI is InChI=1S/C21H32N2O6/c1-6-10-23(19(2,3)4)17(26)15-21-9-8-20(5,29-21)14(18(27)28)13(21)16(25)22(15)11-7-12-24/h6,13-15,24H,1,7-12H2,2-5H3,(H,27,28)/t13-,14+,15?,20-,21?/m0/s1. The highest BCUT2D eigenvalue weighted by Crippen LogP contribution is 2.63. The summed E-state index contributed by atoms with van der Waals surface area (Å²) < 4.78 is 6.32. The van der Waals surface area contributed by atoms with Crippen LogP contribution in [0.3, 0.4) is 0 Å². The molecule has 3 heterocycles. The average Bonchev–Trinajstić information content (AvgIpc) is 3.17. The molecule has 3 aliphatic heterocycles. The third kappa shape index (κ3) is 3.08. The maximum atomic E-state index is 13.8. The molecule has 0 aromatic carbocycles. The zero-order valence-electron chi connectivity index (χ0n) is 17.7. The SMILES string of the molecule is C=CCN(C(=O)C1N(CCCO)C(=O)[C@@H]2[C@H](C(=O)O)[C@]3(C)CCC12O3)C(C)(C)C. The number of aliphatic carboxylic acids is 1. The summed E-state index contributed by atoms with van der Waals surface area (Å²) >= 11 is 0. The number of aliphatic hydroxyl groups excluding tert-OH is 1. The van der Waals surface area contributed by atoms with Gasteiger partial charge in [0.15, 0.2) is 0 Å². The molecular weight excluding hydrogens is 376 g/mol. The van der Waals surface area contributed by atoms with Crippen LogP contribution < -0.4 is 0 Å². The van der Waals surface area contributed by atoms with Gasteiger partial charge in [-0.25, -0.2) is 0 Å². The number of fused-ring (bicyclic) bond motifs is 1. The van der Waals surface area contributed by atoms with Crippen molar-refractivity contribution in [3.8, 4) is 0 Å². The molecule has 2 unspecified atom stereocenters. The maximum Gasteiger partial charge on any atom is 0.310 e. The lowest BCUT2D eigenvalue weighted by atomic mass is 9.66. The summed E-state index contributed by atoms with van der Waals surface area (Å²) in [6, 6.07) is -0.906. The fraction of sp³-hybridized carbons (Fsp3) is 0.762. The number of aliphatic hydroxyl groups is 1. The van der Waals surface area contributed by atoms with Gasteiger partial charge < -0.3 is 24.7 Å². The van der Waals surface area contributed by atoms with Crippen LogP contribution in [-0.2, 0) is 19.1 Å². The first-order valence-electron chi connectivity index (χ1n) is 10.2. The Kier molecular flexibility index (Phi) is 5.32. The number of carbonyl (C=O) groups excluding carboxylic acids is 2. The zero-order valence-corrected chi connectivity index (χ0v) is 17.7. The van der Waals surface area contributed by atoms with Crippen LogP contribution in [0.2, 0.25) is 0 Å². The highest BCUT2D eigenvalue weighted by atomic mass is 16.5. The van der Waals surface area contributed by atoms with Crippen molar-refractivity contribution in [3.05, 3.63) is 12.7 Å². The van der Waals surface area contributed by atoms with Crippen LogP contribution in [0.5, 0.6) is 0 Å². The minimum Gasteiger partial charge on any atom is -0.481 e. The summed E-state index contributed by atoms with van der Waals surface area (Å²) in [6.45, 7) is 11.6. The molecular formula is C21H32N2O6. The molecule has 8 nitrogen and oxygen atoms in total. The lowest BCUT2D eigenvalue weighted by Crippen LogP contribution is -2.60. The van der Waals surface area contributed by atoms with Crippen molar-refractivity contribution in [1.82, 2.24) is 9.80 Å². The van der Waals surface area contributed by atoms with Crippen LogP contribution >= 0.6 is 0 Å². The summed E-state index contributed by atoms with van der Waals surface area (Å²) in [5, 5.41) is 19.2. The first-order valence-corrected chi connectivity index (χ1v) is 10.2. The molecule has 29 heavy (non-hydrogen) atoms. The van der Waals surface area contributed by atoms with Crippen LogP contribution in [-0.4, -0.2) is 80.3 Å². The number of carboxylic acids is 1. The quantitative estimate of drug-likeness (QED) is 0.610. The molecule has 5 atom stereocenters. The Morgan fingerprint density at radius 3 is 2.55 bits per heavy atom. The Bertz CT molecular complexity index is 731. The van der Waals surface area contributed by atoms with E-state index in [1.807, 2.05) is 20.8 Å². The summed E-state index contributed by atoms with van der Waals surface area (Å²) in [7, 11) is 0. The molecule has 3 aliphatic rings. The summed E-state index contributed by atoms with van der Waals surface area (Å²) in [6.07, 6.45) is 2.90. The topological polar surface area (TPSA) is 107 Å². The van der Waals surface area contributed by atoms with Crippen molar-refractivity contribution in [2.45, 2.75) is 69.7 Å². The first-order chi connectivity index (χ1) is 13.4. The Morgan fingerprint density at radius 1 is 1.38 bits per heavy atom. The molecule has 3 fully saturated rings. The molecule has 2 amide bonds. The molecule has 0 aromatic heterocycles. The van der Waals surface area contributed by atoms with Gasteiger partial charge in [-0.1, -0.05) is 6.08 Å². The van der Waals surface area contributed by atoms with E-state index in [1.165, 1.54) is 4.90 Å². The van der Waals surface area contributed by atoms with Crippen molar-refractivity contribution in [2.24, 2.45) is 11.8 Å². The smallest absolute Gasteiger partial charge is 0.310 e. The van der Waals surface area contributed by atoms with Crippen molar-refractivity contribution < 1.29 is 29.3 Å². The lowest BCUT2D eigenvalue weighted by molar-refractivity contribution is -0.157. The highest BCUT2D eigenvalue weighted by molar-refractivity contribution is 5.98. The zero-order chi connectivity index (χ0) is 21.8. The van der Waals surface area contributed by atoms with E-state index in [9.17, 15) is 24.6 Å². The Labute approximate surface area is 171 Å². The van der Waals surface area contributed by atoms with E-state index in [-0.39, 0.29) is 25.0 Å². The number of ether oxygens (including phenoxy) is 1. The number of rotatable bonds is 7. The van der Waals surface area contributed by atoms with E-state index >= 15 is 0 Å². The molecule has 0 aromatic rings. The van der Waals surface area contributed by atoms with Crippen molar-refractivity contribution in [3.63, 3.8) is 0 Å². The highest BCUT2D eigenvalue weighted by Gasteiger charge is 2.78. The van der Waals surface area contributed by atoms with Gasteiger partial charge in [-0.3, -0.25) is 14.4 Å². The second-order valence-corrected chi connectivity index (χ2v) is 9.58. The minimum atomic E-state index is -1.15. The monoisotopic (exact) mass is 408 g/mol. The maximum absolute atomic E-state index is 13.8. The van der Waals surface area contributed by atoms with Crippen molar-refractivity contribution >= 4 is 17.8 Å². The number of hydrogen-bond donors (Lipinski definition) is 2. The Morgan fingerprint density at radius 2 is 2.03 bits per heavy atom. The van der Waals surface area contributed by atoms with E-state index in [2.05, 4.69) is 6.58 Å². The number of nitrogens with zero attached hydrogens (tertiary/aromatic N) is 2. The van der Waals surface area contributed by atoms with Crippen LogP contribution in [0.15, 0.2) is 12.7 Å². The van der Waals surface area contributed by atoms with E-state index < -0.39 is 40.6 Å². The van der Waals surface area contributed by atoms with Crippen LogP contribution in [0, 0.1) is 11.8 Å². The van der Waals surface area contributed by atoms with Gasteiger partial charge in [0.05, 0.1) is 17.4 Å². The third-order valence-corrected chi connectivity index (χ3v) is 6.72. The molecule has 3 rings (SSSR count). The lowest BCUT2D eigenvalue weighted by Gasteiger charge is -2.42. The van der Waals surface area contributed by atoms with Crippen LogP contribution in [0.25, 0.3) is 0 Å². The van der Waals surface area contributed by atoms with E-state index in [0.29, 0.717) is 25.8 Å². The number of hydrogen-bond acceptors (Lipinski definition) is 5. The predicted molar refractivity (Wildman–Crippen MR) is 105 cm³/mol. The molecule has 0 saturated carbocycles. The summed E-state index contributed by atoms with van der Waals surface area (Å²) in [5.41, 5.74) is -2.62. The van der Waals surface area contributed by atoms with E-state index in [0.717, 1.165) is 0 Å². The van der Waals surface area contributed by atoms with E-state index in [1.54, 1.807) is 17.9 Å². The molecule has 162 valence electrons. The van der Waals surface area contributed by atoms with E-state index in [4.69, 9.17) is 4.74 Å². The van der Waals surface area contributed by atoms with Gasteiger partial charge in [-0.05, 0) is 47.0 Å². The molecule has 8 heteroatoms. The predicted octanol–water partition coefficient (Wildman–Crippen LogP) is 1.03. The van der Waals surface area contributed by atoms with Gasteiger partial charge in [0.2, 0.25) is 11.8 Å². The normalized spacial score (nSPS) is 35.7. The van der Waals surface area contributed by atoms with Gasteiger partial charge in [0.1, 0.15) is 11.6 Å². The third-order valence-electron chi connectivity index (χ3n) is 6.72. The molecule has 2 N–H and O–H groups in total. The molecule has 2 bridgehead atoms. The summed E-state index contributed by atoms with van der Waals surface area (Å²) in [5.74, 6) is -3.57. The number of carboxylic acid groups (broad SMARTS) is 1. The fourth-order valence-electron chi connectivity index (χ4n) is 5.53. The van der Waals surface area contributed by atoms with Gasteiger partial charge in [0.25, 0.3) is 0 Å². The van der Waals surface area contributed by atoms with Gasteiger partial charge in [-0.15, -0.1) is 6.58 Å². The second-order valence-electron chi connectivity index (χ2n) is 9.58. The van der Waals surface area contributed by atoms with Crippen molar-refractivity contribution in [1.29, 1.82) is 0 Å². The molecule has 1 spiro atoms. The number of carbonyl (C=O) groups is 3. The molecule has 0 aliphatic carbocycles. The van der Waals surface area contributed by atoms with Gasteiger partial charge >= 0.3 is 5.97 Å². The number of likely N-dealkylation sites (tertiary alicyclic amines) is 1. The fourth-order valence-corrected chi connectivity index (χ4v) is 5.53. The Hall–Kier alpha value is -1.93. The van der Waals surface area contributed by atoms with Crippen molar-refractivity contribution in [2.75, 3.05) is 19.7 Å². The molecule has 0 radical (unpaired) electrons. The number of amides is 2. The Balaban J connectivity index is 2.10. The molecule has 3 saturated heterocycles. The van der Waals surface area contributed by atoms with Crippen LogP contribution in [0.4, 0.5) is 0 Å². The first kappa shape index (κ1) is 21.8. The van der Waals surface area contributed by atoms with Gasteiger partial charge in [0, 0.05) is 25.2 Å². The van der Waals surface area contributed by atoms with Gasteiger partial charge in [-0.2, -0.15) is 0 Å². The van der Waals surface area contributed by atoms with Crippen LogP contribution in [0.1, 0.15) is 47.0 Å².